The van der Waals surface area contributed by atoms with Gasteiger partial charge in [-0.1, -0.05) is 29.8 Å². The third-order valence-corrected chi connectivity index (χ3v) is 5.43. The largest absolute Gasteiger partial charge is 0.354 e. The van der Waals surface area contributed by atoms with Crippen LogP contribution < -0.4 is 10.2 Å². The molecule has 0 bridgehead atoms. The molecule has 1 N–H and O–H groups in total. The average molecular weight is 370 g/mol. The van der Waals surface area contributed by atoms with Crippen LogP contribution in [0.3, 0.4) is 0 Å². The van der Waals surface area contributed by atoms with Crippen LogP contribution >= 0.6 is 0 Å². The molecular formula is C21H26N2O4. The lowest BCUT2D eigenvalue weighted by atomic mass is 9.97. The maximum Gasteiger partial charge on any atom is 0.293 e. The second-order valence-electron chi connectivity index (χ2n) is 7.28. The number of amides is 2. The zero-order valence-electron chi connectivity index (χ0n) is 15.5. The summed E-state index contributed by atoms with van der Waals surface area (Å²) in [5.74, 6) is -1.86. The Labute approximate surface area is 159 Å². The number of anilines is 1. The van der Waals surface area contributed by atoms with Gasteiger partial charge in [0, 0.05) is 12.1 Å². The minimum atomic E-state index is -1.39. The van der Waals surface area contributed by atoms with Gasteiger partial charge in [0.2, 0.25) is 5.91 Å². The molecule has 1 aromatic rings. The number of rotatable bonds is 5. The van der Waals surface area contributed by atoms with Gasteiger partial charge < -0.3 is 14.8 Å². The highest BCUT2D eigenvalue weighted by Crippen LogP contribution is 2.44. The molecule has 2 heterocycles. The van der Waals surface area contributed by atoms with Crippen LogP contribution in [0.4, 0.5) is 5.69 Å². The summed E-state index contributed by atoms with van der Waals surface area (Å²) in [6, 6.07) is 7.39. The Balaban J connectivity index is 1.41. The van der Waals surface area contributed by atoms with E-state index in [4.69, 9.17) is 9.47 Å². The number of nitrogens with one attached hydrogen (secondary N) is 1. The van der Waals surface area contributed by atoms with Gasteiger partial charge in [-0.25, -0.2) is 0 Å². The van der Waals surface area contributed by atoms with Crippen LogP contribution in [0.1, 0.15) is 44.1 Å². The van der Waals surface area contributed by atoms with Crippen LogP contribution in [0.15, 0.2) is 35.9 Å². The number of ether oxygens (including phenoxy) is 2. The Morgan fingerprint density at radius 3 is 2.74 bits per heavy atom. The lowest BCUT2D eigenvalue weighted by Gasteiger charge is -2.32. The highest BCUT2D eigenvalue weighted by molar-refractivity contribution is 6.08. The van der Waals surface area contributed by atoms with Crippen molar-refractivity contribution in [1.29, 1.82) is 0 Å². The molecule has 1 aromatic carbocycles. The predicted octanol–water partition coefficient (Wildman–Crippen LogP) is 2.63. The zero-order chi connectivity index (χ0) is 18.7. The standard InChI is InChI=1S/C21H26N2O4/c24-19(22-12-11-16-7-2-1-3-8-16)15-23-18-10-5-4-9-17(18)21(20(23)25)26-13-6-14-27-21/h4-5,7,9-10H,1-3,6,8,11-15H2,(H,22,24). The Morgan fingerprint density at radius 2 is 1.96 bits per heavy atom. The second-order valence-corrected chi connectivity index (χ2v) is 7.28. The Bertz CT molecular complexity index is 752. The molecule has 0 radical (unpaired) electrons. The monoisotopic (exact) mass is 370 g/mol. The van der Waals surface area contributed by atoms with Crippen molar-refractivity contribution < 1.29 is 19.1 Å². The molecule has 4 rings (SSSR count). The summed E-state index contributed by atoms with van der Waals surface area (Å²) in [5, 5.41) is 2.94. The van der Waals surface area contributed by atoms with Gasteiger partial charge in [0.25, 0.3) is 11.7 Å². The second kappa shape index (κ2) is 7.82. The van der Waals surface area contributed by atoms with Crippen LogP contribution in [0.2, 0.25) is 0 Å². The molecule has 3 aliphatic rings. The third-order valence-electron chi connectivity index (χ3n) is 5.43. The Hall–Kier alpha value is -2.18. The first-order valence-electron chi connectivity index (χ1n) is 9.85. The molecule has 2 aliphatic heterocycles. The summed E-state index contributed by atoms with van der Waals surface area (Å²) in [5.41, 5.74) is 2.80. The van der Waals surface area contributed by atoms with Crippen LogP contribution in [0.25, 0.3) is 0 Å². The first-order chi connectivity index (χ1) is 13.2. The molecule has 1 spiro atoms. The van der Waals surface area contributed by atoms with Gasteiger partial charge in [-0.15, -0.1) is 0 Å². The minimum Gasteiger partial charge on any atom is -0.354 e. The topological polar surface area (TPSA) is 67.9 Å². The van der Waals surface area contributed by atoms with E-state index in [2.05, 4.69) is 11.4 Å². The number of hydrogen-bond donors (Lipinski definition) is 1. The van der Waals surface area contributed by atoms with Crippen molar-refractivity contribution in [3.8, 4) is 0 Å². The molecule has 1 aliphatic carbocycles. The Kier molecular flexibility index (Phi) is 5.27. The molecular weight excluding hydrogens is 344 g/mol. The fourth-order valence-electron chi connectivity index (χ4n) is 4.05. The number of para-hydroxylation sites is 1. The fourth-order valence-corrected chi connectivity index (χ4v) is 4.05. The lowest BCUT2D eigenvalue weighted by molar-refractivity contribution is -0.256. The van der Waals surface area contributed by atoms with Crippen molar-refractivity contribution in [2.75, 3.05) is 31.2 Å². The van der Waals surface area contributed by atoms with E-state index in [-0.39, 0.29) is 18.4 Å². The Morgan fingerprint density at radius 1 is 1.15 bits per heavy atom. The summed E-state index contributed by atoms with van der Waals surface area (Å²) in [6.45, 7) is 1.51. The number of allylic oxidation sites excluding steroid dienone is 1. The van der Waals surface area contributed by atoms with Crippen molar-refractivity contribution in [3.05, 3.63) is 41.5 Å². The van der Waals surface area contributed by atoms with Gasteiger partial charge in [0.05, 0.1) is 18.9 Å². The quantitative estimate of drug-likeness (QED) is 0.809. The summed E-state index contributed by atoms with van der Waals surface area (Å²) in [6.07, 6.45) is 8.70. The molecule has 1 saturated heterocycles. The molecule has 6 nitrogen and oxygen atoms in total. The third kappa shape index (κ3) is 3.51. The van der Waals surface area contributed by atoms with E-state index in [1.54, 1.807) is 0 Å². The first-order valence-corrected chi connectivity index (χ1v) is 9.85. The normalized spacial score (nSPS) is 21.1. The predicted molar refractivity (Wildman–Crippen MR) is 101 cm³/mol. The molecule has 0 atom stereocenters. The molecule has 6 heteroatoms. The van der Waals surface area contributed by atoms with Gasteiger partial charge in [-0.05, 0) is 44.6 Å². The van der Waals surface area contributed by atoms with Crippen LogP contribution in [0.5, 0.6) is 0 Å². The maximum absolute atomic E-state index is 13.1. The van der Waals surface area contributed by atoms with Crippen LogP contribution in [0, 0.1) is 0 Å². The number of benzene rings is 1. The van der Waals surface area contributed by atoms with Gasteiger partial charge in [0.15, 0.2) is 0 Å². The van der Waals surface area contributed by atoms with E-state index in [1.807, 2.05) is 24.3 Å². The van der Waals surface area contributed by atoms with E-state index in [9.17, 15) is 9.59 Å². The molecule has 1 fully saturated rings. The molecule has 144 valence electrons. The van der Waals surface area contributed by atoms with Crippen molar-refractivity contribution >= 4 is 17.5 Å². The number of hydrogen-bond acceptors (Lipinski definition) is 4. The molecule has 27 heavy (non-hydrogen) atoms. The van der Waals surface area contributed by atoms with Crippen molar-refractivity contribution in [2.24, 2.45) is 0 Å². The highest BCUT2D eigenvalue weighted by atomic mass is 16.7. The SMILES string of the molecule is O=C(CN1C(=O)C2(OCCCO2)c2ccccc21)NCCC1=CCCCC1. The number of carbonyl (C=O) groups excluding carboxylic acids is 2. The van der Waals surface area contributed by atoms with Gasteiger partial charge in [0.1, 0.15) is 6.54 Å². The van der Waals surface area contributed by atoms with E-state index in [0.717, 1.165) is 25.7 Å². The van der Waals surface area contributed by atoms with Gasteiger partial charge >= 0.3 is 0 Å². The molecule has 0 saturated carbocycles. The highest BCUT2D eigenvalue weighted by Gasteiger charge is 2.55. The minimum absolute atomic E-state index is 0.0244. The first kappa shape index (κ1) is 18.2. The van der Waals surface area contributed by atoms with E-state index >= 15 is 0 Å². The average Bonchev–Trinajstić information content (AvgIpc) is 2.92. The molecule has 2 amide bonds. The van der Waals surface area contributed by atoms with Crippen molar-refractivity contribution in [3.63, 3.8) is 0 Å². The van der Waals surface area contributed by atoms with Crippen LogP contribution in [-0.2, 0) is 24.8 Å². The summed E-state index contributed by atoms with van der Waals surface area (Å²) in [7, 11) is 0. The zero-order valence-corrected chi connectivity index (χ0v) is 15.5. The maximum atomic E-state index is 13.1. The van der Waals surface area contributed by atoms with E-state index in [1.165, 1.54) is 23.3 Å². The number of carbonyl (C=O) groups is 2. The molecule has 0 unspecified atom stereocenters. The lowest BCUT2D eigenvalue weighted by Crippen LogP contribution is -2.49. The van der Waals surface area contributed by atoms with Gasteiger partial charge in [-0.2, -0.15) is 0 Å². The smallest absolute Gasteiger partial charge is 0.293 e. The molecule has 0 aromatic heterocycles. The summed E-state index contributed by atoms with van der Waals surface area (Å²) in [4.78, 5) is 27.0. The van der Waals surface area contributed by atoms with E-state index in [0.29, 0.717) is 31.0 Å². The van der Waals surface area contributed by atoms with Gasteiger partial charge in [-0.3, -0.25) is 14.5 Å². The fraction of sp³-hybridized carbons (Fsp3) is 0.524. The summed E-state index contributed by atoms with van der Waals surface area (Å²) >= 11 is 0. The van der Waals surface area contributed by atoms with Crippen LogP contribution in [-0.4, -0.2) is 38.1 Å². The van der Waals surface area contributed by atoms with E-state index < -0.39 is 5.79 Å². The summed E-state index contributed by atoms with van der Waals surface area (Å²) < 4.78 is 11.6. The van der Waals surface area contributed by atoms with Crippen molar-refractivity contribution in [1.82, 2.24) is 5.32 Å². The number of fused-ring (bicyclic) bond motifs is 2. The van der Waals surface area contributed by atoms with Crippen molar-refractivity contribution in [2.45, 2.75) is 44.3 Å². The number of nitrogens with zero attached hydrogens (tertiary/aromatic N) is 1.